The summed E-state index contributed by atoms with van der Waals surface area (Å²) in [5.74, 6) is 0.283. The van der Waals surface area contributed by atoms with Crippen LogP contribution < -0.4 is 10.6 Å². The number of methoxy groups -OCH3 is 1. The molecule has 1 heterocycles. The summed E-state index contributed by atoms with van der Waals surface area (Å²) in [6, 6.07) is 16.4. The number of aliphatic imine (C=N–C) groups is 1. The van der Waals surface area contributed by atoms with Crippen LogP contribution in [0.2, 0.25) is 0 Å². The molecule has 5 nitrogen and oxygen atoms in total. The molecular formula is C25H22F3N3O2. The summed E-state index contributed by atoms with van der Waals surface area (Å²) in [6.07, 6.45) is -4.17. The molecule has 4 rings (SSSR count). The molecule has 1 amide bonds. The first-order chi connectivity index (χ1) is 15.8. The molecule has 33 heavy (non-hydrogen) atoms. The Balaban J connectivity index is 1.64. The molecular weight excluding hydrogens is 431 g/mol. The summed E-state index contributed by atoms with van der Waals surface area (Å²) < 4.78 is 46.7. The van der Waals surface area contributed by atoms with E-state index in [1.807, 2.05) is 0 Å². The van der Waals surface area contributed by atoms with Gasteiger partial charge >= 0.3 is 6.18 Å². The number of hydrogen-bond acceptors (Lipinski definition) is 4. The zero-order valence-electron chi connectivity index (χ0n) is 18.1. The van der Waals surface area contributed by atoms with Crippen LogP contribution in [0, 0.1) is 0 Å². The van der Waals surface area contributed by atoms with E-state index in [4.69, 9.17) is 4.74 Å². The van der Waals surface area contributed by atoms with Gasteiger partial charge in [0.05, 0.1) is 17.9 Å². The number of carbonyl (C=O) groups excluding carboxylic acids is 1. The van der Waals surface area contributed by atoms with Gasteiger partial charge in [-0.1, -0.05) is 30.3 Å². The molecule has 1 aliphatic rings. The van der Waals surface area contributed by atoms with Crippen LogP contribution >= 0.6 is 0 Å². The van der Waals surface area contributed by atoms with E-state index in [9.17, 15) is 18.0 Å². The molecule has 0 unspecified atom stereocenters. The maximum absolute atomic E-state index is 13.9. The highest BCUT2D eigenvalue weighted by Crippen LogP contribution is 2.42. The van der Waals surface area contributed by atoms with Crippen LogP contribution in [0.15, 0.2) is 65.7 Å². The number of rotatable bonds is 5. The Morgan fingerprint density at radius 1 is 1.09 bits per heavy atom. The average molecular weight is 453 g/mol. The van der Waals surface area contributed by atoms with Crippen LogP contribution in [0.25, 0.3) is 11.1 Å². The fourth-order valence-electron chi connectivity index (χ4n) is 3.79. The first-order valence-corrected chi connectivity index (χ1v) is 10.3. The predicted octanol–water partition coefficient (Wildman–Crippen LogP) is 5.58. The summed E-state index contributed by atoms with van der Waals surface area (Å²) in [6.45, 7) is 0.389. The summed E-state index contributed by atoms with van der Waals surface area (Å²) in [5.41, 5.74) is 2.82. The fraction of sp³-hybridized carbons (Fsp3) is 0.200. The molecule has 170 valence electrons. The second kappa shape index (κ2) is 9.07. The van der Waals surface area contributed by atoms with E-state index >= 15 is 0 Å². The normalized spacial score (nSPS) is 12.8. The van der Waals surface area contributed by atoms with E-state index in [0.29, 0.717) is 41.2 Å². The van der Waals surface area contributed by atoms with Gasteiger partial charge in [-0.2, -0.15) is 13.2 Å². The van der Waals surface area contributed by atoms with Crippen molar-refractivity contribution >= 4 is 23.1 Å². The van der Waals surface area contributed by atoms with Gasteiger partial charge in [0, 0.05) is 31.8 Å². The second-order valence-electron chi connectivity index (χ2n) is 7.67. The van der Waals surface area contributed by atoms with E-state index in [2.05, 4.69) is 15.6 Å². The molecule has 0 saturated heterocycles. The number of alkyl halides is 3. The van der Waals surface area contributed by atoms with E-state index in [1.165, 1.54) is 0 Å². The number of nitrogens with zero attached hydrogens (tertiary/aromatic N) is 1. The minimum absolute atomic E-state index is 0.114. The smallest absolute Gasteiger partial charge is 0.380 e. The van der Waals surface area contributed by atoms with Gasteiger partial charge in [-0.25, -0.2) is 4.99 Å². The number of anilines is 1. The molecule has 0 bridgehead atoms. The molecule has 0 radical (unpaired) electrons. The molecule has 0 spiro atoms. The first kappa shape index (κ1) is 22.5. The van der Waals surface area contributed by atoms with Gasteiger partial charge in [-0.3, -0.25) is 4.79 Å². The number of fused-ring (bicyclic) bond motifs is 1. The summed E-state index contributed by atoms with van der Waals surface area (Å²) in [7, 11) is 3.11. The van der Waals surface area contributed by atoms with Crippen molar-refractivity contribution in [1.29, 1.82) is 0 Å². The Hall–Kier alpha value is -3.65. The first-order valence-electron chi connectivity index (χ1n) is 10.3. The molecule has 0 saturated carbocycles. The number of hydrogen-bond donors (Lipinski definition) is 2. The largest absolute Gasteiger partial charge is 0.417 e. The van der Waals surface area contributed by atoms with Crippen LogP contribution in [-0.2, 0) is 23.9 Å². The number of amidine groups is 1. The minimum atomic E-state index is -4.52. The molecule has 1 aliphatic heterocycles. The Morgan fingerprint density at radius 2 is 1.85 bits per heavy atom. The van der Waals surface area contributed by atoms with Crippen LogP contribution in [-0.4, -0.2) is 25.9 Å². The van der Waals surface area contributed by atoms with Crippen LogP contribution in [0.5, 0.6) is 0 Å². The van der Waals surface area contributed by atoms with Crippen LogP contribution in [0.4, 0.5) is 24.5 Å². The monoisotopic (exact) mass is 453 g/mol. The number of amides is 1. The molecule has 2 N–H and O–H groups in total. The molecule has 3 aromatic rings. The quantitative estimate of drug-likeness (QED) is 0.531. The van der Waals surface area contributed by atoms with Crippen molar-refractivity contribution in [3.8, 4) is 11.1 Å². The van der Waals surface area contributed by atoms with Crippen molar-refractivity contribution in [3.05, 3.63) is 82.9 Å². The van der Waals surface area contributed by atoms with Gasteiger partial charge in [0.1, 0.15) is 5.84 Å². The lowest BCUT2D eigenvalue weighted by atomic mass is 9.94. The lowest BCUT2D eigenvalue weighted by molar-refractivity contribution is -0.137. The summed E-state index contributed by atoms with van der Waals surface area (Å²) in [5, 5.41) is 5.68. The number of ether oxygens (including phenoxy) is 1. The molecule has 0 fully saturated rings. The van der Waals surface area contributed by atoms with Gasteiger partial charge in [0.2, 0.25) is 0 Å². The SMILES string of the molecule is CNC(=O)c1cccc(NC2=Nc3cc(C(F)(F)F)c(-c4ccc(COC)cc4)cc3C2)c1. The fourth-order valence-corrected chi connectivity index (χ4v) is 3.79. The average Bonchev–Trinajstić information content (AvgIpc) is 3.19. The Bertz CT molecular complexity index is 1220. The highest BCUT2D eigenvalue weighted by Gasteiger charge is 2.35. The third kappa shape index (κ3) is 4.90. The second-order valence-corrected chi connectivity index (χ2v) is 7.67. The van der Waals surface area contributed by atoms with E-state index < -0.39 is 11.7 Å². The zero-order valence-corrected chi connectivity index (χ0v) is 18.1. The number of carbonyl (C=O) groups is 1. The van der Waals surface area contributed by atoms with E-state index in [0.717, 1.165) is 11.6 Å². The maximum atomic E-state index is 13.9. The van der Waals surface area contributed by atoms with E-state index in [1.54, 1.807) is 68.8 Å². The van der Waals surface area contributed by atoms with Crippen molar-refractivity contribution in [2.24, 2.45) is 4.99 Å². The molecule has 3 aromatic carbocycles. The van der Waals surface area contributed by atoms with Crippen molar-refractivity contribution < 1.29 is 22.7 Å². The lowest BCUT2D eigenvalue weighted by Crippen LogP contribution is -2.18. The molecule has 0 atom stereocenters. The van der Waals surface area contributed by atoms with Gasteiger partial charge in [0.15, 0.2) is 0 Å². The van der Waals surface area contributed by atoms with Gasteiger partial charge in [0.25, 0.3) is 5.91 Å². The topological polar surface area (TPSA) is 62.7 Å². The summed E-state index contributed by atoms with van der Waals surface area (Å²) in [4.78, 5) is 16.2. The third-order valence-electron chi connectivity index (χ3n) is 5.35. The highest BCUT2D eigenvalue weighted by molar-refractivity contribution is 6.03. The molecule has 0 aromatic heterocycles. The minimum Gasteiger partial charge on any atom is -0.380 e. The van der Waals surface area contributed by atoms with Crippen LogP contribution in [0.1, 0.15) is 27.0 Å². The number of benzene rings is 3. The van der Waals surface area contributed by atoms with Gasteiger partial charge < -0.3 is 15.4 Å². The van der Waals surface area contributed by atoms with Crippen molar-refractivity contribution in [2.45, 2.75) is 19.2 Å². The molecule has 8 heteroatoms. The zero-order chi connectivity index (χ0) is 23.6. The van der Waals surface area contributed by atoms with Gasteiger partial charge in [-0.05, 0) is 52.6 Å². The van der Waals surface area contributed by atoms with E-state index in [-0.39, 0.29) is 17.2 Å². The van der Waals surface area contributed by atoms with Crippen molar-refractivity contribution in [1.82, 2.24) is 5.32 Å². The third-order valence-corrected chi connectivity index (χ3v) is 5.35. The Kier molecular flexibility index (Phi) is 6.20. The summed E-state index contributed by atoms with van der Waals surface area (Å²) >= 11 is 0. The number of halogens is 3. The van der Waals surface area contributed by atoms with Crippen molar-refractivity contribution in [2.75, 3.05) is 19.5 Å². The molecule has 0 aliphatic carbocycles. The maximum Gasteiger partial charge on any atom is 0.417 e. The van der Waals surface area contributed by atoms with Gasteiger partial charge in [-0.15, -0.1) is 0 Å². The van der Waals surface area contributed by atoms with Crippen molar-refractivity contribution in [3.63, 3.8) is 0 Å². The standard InChI is InChI=1S/C25H22F3N3O2/c1-29-24(32)17-4-3-5-19(10-17)30-23-12-18-11-20(16-8-6-15(7-9-16)14-33-2)21(25(26,27)28)13-22(18)31-23/h3-11,13H,12,14H2,1-2H3,(H,29,32)(H,30,31). The Labute approximate surface area is 189 Å². The Morgan fingerprint density at radius 3 is 2.52 bits per heavy atom. The predicted molar refractivity (Wildman–Crippen MR) is 122 cm³/mol. The highest BCUT2D eigenvalue weighted by atomic mass is 19.4. The lowest BCUT2D eigenvalue weighted by Gasteiger charge is -2.15. The number of nitrogens with one attached hydrogen (secondary N) is 2. The van der Waals surface area contributed by atoms with Crippen LogP contribution in [0.3, 0.4) is 0 Å².